The minimum atomic E-state index is 0.650. The Morgan fingerprint density at radius 2 is 2.12 bits per heavy atom. The van der Waals surface area contributed by atoms with E-state index in [1.165, 1.54) is 0 Å². The second-order valence-electron chi connectivity index (χ2n) is 2.01. The van der Waals surface area contributed by atoms with Crippen molar-refractivity contribution in [2.75, 3.05) is 6.54 Å². The van der Waals surface area contributed by atoms with Gasteiger partial charge in [-0.05, 0) is 33.7 Å². The highest BCUT2D eigenvalue weighted by Crippen LogP contribution is 2.24. The van der Waals surface area contributed by atoms with Crippen LogP contribution in [0.2, 0.25) is 0 Å². The summed E-state index contributed by atoms with van der Waals surface area (Å²) in [5, 5.41) is 0.695. The zero-order valence-electron chi connectivity index (χ0n) is 5.23. The first-order chi connectivity index (χ1) is 3.72. The molecule has 0 radical (unpaired) electrons. The van der Waals surface area contributed by atoms with Crippen LogP contribution in [-0.4, -0.2) is 11.8 Å². The van der Waals surface area contributed by atoms with Gasteiger partial charge in [0.25, 0.3) is 0 Å². The first kappa shape index (κ1) is 9.04. The van der Waals surface area contributed by atoms with Crippen LogP contribution in [0.3, 0.4) is 0 Å². The number of halogens is 1. The Hall–Kier alpha value is 1.04. The molecule has 0 aromatic carbocycles. The maximum absolute atomic E-state index is 5.43. The molecule has 0 aliphatic carbocycles. The molecule has 0 bridgehead atoms. The Labute approximate surface area is 67.4 Å². The Morgan fingerprint density at radius 1 is 1.62 bits per heavy atom. The van der Waals surface area contributed by atoms with E-state index in [2.05, 4.69) is 35.1 Å². The average molecular weight is 245 g/mol. The summed E-state index contributed by atoms with van der Waals surface area (Å²) in [7, 11) is 1.85. The smallest absolute Gasteiger partial charge is 0.0157 e. The van der Waals surface area contributed by atoms with E-state index in [0.29, 0.717) is 11.2 Å². The Bertz CT molecular complexity index is 52.4. The van der Waals surface area contributed by atoms with Crippen molar-refractivity contribution >= 4 is 30.1 Å². The van der Waals surface area contributed by atoms with E-state index in [1.54, 1.807) is 0 Å². The van der Waals surface area contributed by atoms with Crippen LogP contribution < -0.4 is 5.73 Å². The van der Waals surface area contributed by atoms with Gasteiger partial charge in [0, 0.05) is 5.25 Å². The van der Waals surface area contributed by atoms with Gasteiger partial charge in [0.05, 0.1) is 0 Å². The van der Waals surface area contributed by atoms with Crippen LogP contribution in [0.4, 0.5) is 0 Å². The third kappa shape index (κ3) is 3.14. The van der Waals surface area contributed by atoms with Gasteiger partial charge in [-0.2, -0.15) is 0 Å². The minimum Gasteiger partial charge on any atom is -0.330 e. The summed E-state index contributed by atoms with van der Waals surface area (Å²) in [5.41, 5.74) is 5.43. The van der Waals surface area contributed by atoms with Crippen LogP contribution in [0, 0.1) is 5.92 Å². The van der Waals surface area contributed by atoms with Gasteiger partial charge in [-0.1, -0.05) is 22.8 Å². The molecule has 2 N–H and O–H groups in total. The fourth-order valence-corrected chi connectivity index (χ4v) is 2.07. The maximum Gasteiger partial charge on any atom is 0.0157 e. The van der Waals surface area contributed by atoms with Crippen molar-refractivity contribution in [2.45, 2.75) is 19.1 Å². The Kier molecular flexibility index (Phi) is 5.51. The minimum absolute atomic E-state index is 0.650. The molecule has 8 heavy (non-hydrogen) atoms. The number of hydrogen-bond donors (Lipinski definition) is 1. The molecule has 2 unspecified atom stereocenters. The molecule has 0 aromatic rings. The zero-order chi connectivity index (χ0) is 6.57. The highest BCUT2D eigenvalue weighted by Gasteiger charge is 2.07. The fraction of sp³-hybridized carbons (Fsp3) is 1.00. The predicted octanol–water partition coefficient (Wildman–Crippen LogP) is 2.05. The Balaban J connectivity index is 3.29. The van der Waals surface area contributed by atoms with Gasteiger partial charge in [-0.3, -0.25) is 0 Å². The quantitative estimate of drug-likeness (QED) is 0.770. The molecular formula is C5H12INS. The van der Waals surface area contributed by atoms with E-state index in [-0.39, 0.29) is 0 Å². The van der Waals surface area contributed by atoms with Crippen molar-refractivity contribution in [3.05, 3.63) is 0 Å². The number of hydrogen-bond acceptors (Lipinski definition) is 2. The van der Waals surface area contributed by atoms with E-state index in [0.717, 1.165) is 6.54 Å². The van der Waals surface area contributed by atoms with Gasteiger partial charge in [0.1, 0.15) is 0 Å². The van der Waals surface area contributed by atoms with E-state index in [9.17, 15) is 0 Å². The van der Waals surface area contributed by atoms with Gasteiger partial charge in [0.2, 0.25) is 0 Å². The third-order valence-corrected chi connectivity index (χ3v) is 4.47. The molecule has 2 atom stereocenters. The van der Waals surface area contributed by atoms with Crippen LogP contribution in [-0.2, 0) is 0 Å². The average Bonchev–Trinajstić information content (AvgIpc) is 1.84. The number of rotatable bonds is 3. The first-order valence-corrected chi connectivity index (χ1v) is 6.12. The van der Waals surface area contributed by atoms with Crippen molar-refractivity contribution in [1.82, 2.24) is 0 Å². The predicted molar refractivity (Wildman–Crippen MR) is 49.3 cm³/mol. The molecule has 0 saturated heterocycles. The lowest BCUT2D eigenvalue weighted by Gasteiger charge is -2.12. The number of nitrogens with two attached hydrogens (primary N) is 1. The SMILES string of the molecule is CC(CN)C(C)SI. The topological polar surface area (TPSA) is 26.0 Å². The van der Waals surface area contributed by atoms with Crippen molar-refractivity contribution in [3.8, 4) is 0 Å². The normalized spacial score (nSPS) is 18.0. The monoisotopic (exact) mass is 245 g/mol. The lowest BCUT2D eigenvalue weighted by Crippen LogP contribution is -2.18. The molecule has 0 saturated carbocycles. The summed E-state index contributed by atoms with van der Waals surface area (Å²) in [6, 6.07) is 0. The summed E-state index contributed by atoms with van der Waals surface area (Å²) in [5.74, 6) is 0.650. The van der Waals surface area contributed by atoms with Crippen molar-refractivity contribution in [2.24, 2.45) is 11.7 Å². The van der Waals surface area contributed by atoms with Gasteiger partial charge in [-0.15, -0.1) is 0 Å². The summed E-state index contributed by atoms with van der Waals surface area (Å²) < 4.78 is 0. The van der Waals surface area contributed by atoms with Crippen molar-refractivity contribution in [3.63, 3.8) is 0 Å². The van der Waals surface area contributed by atoms with E-state index >= 15 is 0 Å². The third-order valence-electron chi connectivity index (χ3n) is 1.31. The van der Waals surface area contributed by atoms with Crippen molar-refractivity contribution in [1.29, 1.82) is 0 Å². The highest BCUT2D eigenvalue weighted by molar-refractivity contribution is 14.2. The van der Waals surface area contributed by atoms with Crippen LogP contribution >= 0.6 is 30.1 Å². The zero-order valence-corrected chi connectivity index (χ0v) is 8.20. The molecule has 0 spiro atoms. The summed E-state index contributed by atoms with van der Waals surface area (Å²) in [6.07, 6.45) is 0. The van der Waals surface area contributed by atoms with Crippen molar-refractivity contribution < 1.29 is 0 Å². The highest BCUT2D eigenvalue weighted by atomic mass is 127. The van der Waals surface area contributed by atoms with Gasteiger partial charge in [-0.25, -0.2) is 0 Å². The standard InChI is InChI=1S/C5H12INS/c1-4(3-7)5(2)8-6/h4-5H,3,7H2,1-2H3. The van der Waals surface area contributed by atoms with Crippen LogP contribution in [0.5, 0.6) is 0 Å². The van der Waals surface area contributed by atoms with E-state index < -0.39 is 0 Å². The van der Waals surface area contributed by atoms with Gasteiger partial charge < -0.3 is 5.73 Å². The van der Waals surface area contributed by atoms with Gasteiger partial charge >= 0.3 is 0 Å². The second-order valence-corrected chi connectivity index (χ2v) is 4.45. The molecule has 0 fully saturated rings. The lowest BCUT2D eigenvalue weighted by molar-refractivity contribution is 0.592. The van der Waals surface area contributed by atoms with Crippen LogP contribution in [0.25, 0.3) is 0 Å². The van der Waals surface area contributed by atoms with Crippen LogP contribution in [0.1, 0.15) is 13.8 Å². The first-order valence-electron chi connectivity index (χ1n) is 2.69. The largest absolute Gasteiger partial charge is 0.330 e. The molecule has 0 heterocycles. The van der Waals surface area contributed by atoms with Crippen LogP contribution in [0.15, 0.2) is 0 Å². The summed E-state index contributed by atoms with van der Waals surface area (Å²) in [6.45, 7) is 5.18. The lowest BCUT2D eigenvalue weighted by atomic mass is 10.1. The molecule has 0 aliphatic rings. The maximum atomic E-state index is 5.43. The molecule has 0 aliphatic heterocycles. The molecule has 0 amide bonds. The Morgan fingerprint density at radius 3 is 2.25 bits per heavy atom. The van der Waals surface area contributed by atoms with E-state index in [1.807, 2.05) is 8.93 Å². The fourth-order valence-electron chi connectivity index (χ4n) is 0.279. The molecular weight excluding hydrogens is 233 g/mol. The second kappa shape index (κ2) is 4.88. The molecule has 0 rings (SSSR count). The molecule has 50 valence electrons. The molecule has 3 heteroatoms. The summed E-state index contributed by atoms with van der Waals surface area (Å²) in [4.78, 5) is 0. The van der Waals surface area contributed by atoms with Gasteiger partial charge in [0.15, 0.2) is 0 Å². The molecule has 0 aromatic heterocycles. The molecule has 1 nitrogen and oxygen atoms in total. The summed E-state index contributed by atoms with van der Waals surface area (Å²) >= 11 is 2.31. The van der Waals surface area contributed by atoms with E-state index in [4.69, 9.17) is 5.73 Å².